The van der Waals surface area contributed by atoms with Crippen molar-refractivity contribution in [3.8, 4) is 11.5 Å². The van der Waals surface area contributed by atoms with Gasteiger partial charge in [-0.1, -0.05) is 68.1 Å². The van der Waals surface area contributed by atoms with Crippen molar-refractivity contribution in [1.82, 2.24) is 0 Å². The number of hydrogen-bond acceptors (Lipinski definition) is 5. The van der Waals surface area contributed by atoms with Gasteiger partial charge in [0.15, 0.2) is 5.78 Å². The van der Waals surface area contributed by atoms with Gasteiger partial charge in [-0.2, -0.15) is 0 Å². The maximum Gasteiger partial charge on any atom is 0.336 e. The van der Waals surface area contributed by atoms with Gasteiger partial charge in [0.05, 0.1) is 6.61 Å². The van der Waals surface area contributed by atoms with Gasteiger partial charge in [-0.05, 0) is 60.9 Å². The first-order valence-corrected chi connectivity index (χ1v) is 12.1. The summed E-state index contributed by atoms with van der Waals surface area (Å²) < 4.78 is 11.0. The van der Waals surface area contributed by atoms with Gasteiger partial charge in [0.1, 0.15) is 11.5 Å². The van der Waals surface area contributed by atoms with E-state index in [-0.39, 0.29) is 12.4 Å². The number of unbranched alkanes of at least 4 members (excludes halogenated alkanes) is 5. The smallest absolute Gasteiger partial charge is 0.336 e. The van der Waals surface area contributed by atoms with Crippen LogP contribution in [0.25, 0.3) is 6.08 Å². The zero-order valence-electron chi connectivity index (χ0n) is 19.9. The van der Waals surface area contributed by atoms with Crippen LogP contribution in [0.1, 0.15) is 60.0 Å². The largest absolute Gasteiger partial charge is 0.494 e. The van der Waals surface area contributed by atoms with Crippen LogP contribution in [0.4, 0.5) is 0 Å². The Balaban J connectivity index is 1.44. The number of aliphatic hydroxyl groups excluding tert-OH is 1. The number of para-hydroxylation sites is 1. The number of ether oxygens (including phenoxy) is 2. The van der Waals surface area contributed by atoms with E-state index in [4.69, 9.17) is 14.6 Å². The summed E-state index contributed by atoms with van der Waals surface area (Å²) in [6, 6.07) is 23.2. The van der Waals surface area contributed by atoms with Gasteiger partial charge in [-0.25, -0.2) is 4.79 Å². The van der Waals surface area contributed by atoms with Crippen LogP contribution in [0, 0.1) is 0 Å². The first-order valence-electron chi connectivity index (χ1n) is 12.1. The van der Waals surface area contributed by atoms with E-state index in [2.05, 4.69) is 0 Å². The summed E-state index contributed by atoms with van der Waals surface area (Å²) in [5.41, 5.74) is 1.96. The predicted octanol–water partition coefficient (Wildman–Crippen LogP) is 6.25. The minimum Gasteiger partial charge on any atom is -0.494 e. The van der Waals surface area contributed by atoms with Gasteiger partial charge in [0.2, 0.25) is 0 Å². The number of benzene rings is 3. The molecule has 35 heavy (non-hydrogen) atoms. The Kier molecular flexibility index (Phi) is 10.8. The van der Waals surface area contributed by atoms with Gasteiger partial charge in [0, 0.05) is 23.8 Å². The molecular weight excluding hydrogens is 440 g/mol. The van der Waals surface area contributed by atoms with Gasteiger partial charge < -0.3 is 14.6 Å². The summed E-state index contributed by atoms with van der Waals surface area (Å²) in [5.74, 6) is 0.713. The van der Waals surface area contributed by atoms with Crippen LogP contribution < -0.4 is 9.47 Å². The maximum absolute atomic E-state index is 12.8. The molecule has 3 rings (SSSR count). The lowest BCUT2D eigenvalue weighted by Gasteiger charge is -2.07. The van der Waals surface area contributed by atoms with E-state index in [0.717, 1.165) is 49.8 Å². The molecule has 3 aromatic rings. The number of ketones is 1. The Morgan fingerprint density at radius 1 is 0.686 bits per heavy atom. The van der Waals surface area contributed by atoms with E-state index in [9.17, 15) is 9.59 Å². The molecule has 1 N–H and O–H groups in total. The predicted molar refractivity (Wildman–Crippen MR) is 138 cm³/mol. The van der Waals surface area contributed by atoms with E-state index in [1.165, 1.54) is 6.08 Å². The average molecular weight is 473 g/mol. The molecule has 0 aliphatic carbocycles. The molecule has 0 saturated carbocycles. The second kappa shape index (κ2) is 14.5. The van der Waals surface area contributed by atoms with Crippen molar-refractivity contribution in [3.63, 3.8) is 0 Å². The van der Waals surface area contributed by atoms with Gasteiger partial charge in [-0.3, -0.25) is 4.79 Å². The van der Waals surface area contributed by atoms with Crippen LogP contribution in [0.15, 0.2) is 84.9 Å². The van der Waals surface area contributed by atoms with Gasteiger partial charge in [0.25, 0.3) is 0 Å². The maximum atomic E-state index is 12.8. The minimum absolute atomic E-state index is 0.0709. The van der Waals surface area contributed by atoms with Crippen molar-refractivity contribution in [1.29, 1.82) is 0 Å². The standard InChI is InChI=1S/C30H32O5/c31-22-8-3-1-2-4-9-23-34-27-19-17-26(18-20-27)30(33)25-15-12-24(13-16-25)14-21-29(32)35-28-10-6-5-7-11-28/h5-7,10-21,31H,1-4,8-9,22-23H2/b21-14+. The van der Waals surface area contributed by atoms with Gasteiger partial charge in [-0.15, -0.1) is 0 Å². The molecule has 0 amide bonds. The SMILES string of the molecule is O=C(/C=C/c1ccc(C(=O)c2ccc(OCCCCCCCCO)cc2)cc1)Oc1ccccc1. The van der Waals surface area contributed by atoms with Crippen LogP contribution in [0.3, 0.4) is 0 Å². The number of carbonyl (C=O) groups is 2. The lowest BCUT2D eigenvalue weighted by molar-refractivity contribution is -0.128. The van der Waals surface area contributed by atoms with Crippen LogP contribution >= 0.6 is 0 Å². The number of hydrogen-bond donors (Lipinski definition) is 1. The quantitative estimate of drug-likeness (QED) is 0.0987. The molecule has 0 fully saturated rings. The molecule has 182 valence electrons. The van der Waals surface area contributed by atoms with Crippen LogP contribution in [-0.2, 0) is 4.79 Å². The summed E-state index contributed by atoms with van der Waals surface area (Å²) in [4.78, 5) is 24.7. The molecule has 3 aromatic carbocycles. The number of esters is 1. The normalized spacial score (nSPS) is 10.9. The topological polar surface area (TPSA) is 72.8 Å². The molecule has 0 heterocycles. The van der Waals surface area contributed by atoms with Gasteiger partial charge >= 0.3 is 5.97 Å². The van der Waals surface area contributed by atoms with Crippen LogP contribution in [0.5, 0.6) is 11.5 Å². The summed E-state index contributed by atoms with van der Waals surface area (Å²) in [6.45, 7) is 0.930. The zero-order chi connectivity index (χ0) is 24.7. The Morgan fingerprint density at radius 3 is 1.94 bits per heavy atom. The third-order valence-electron chi connectivity index (χ3n) is 5.48. The van der Waals surface area contributed by atoms with Crippen molar-refractivity contribution in [3.05, 3.63) is 102 Å². The number of aliphatic hydroxyl groups is 1. The third-order valence-corrected chi connectivity index (χ3v) is 5.48. The highest BCUT2D eigenvalue weighted by atomic mass is 16.5. The molecule has 5 nitrogen and oxygen atoms in total. The Hall–Kier alpha value is -3.70. The second-order valence-electron chi connectivity index (χ2n) is 8.24. The zero-order valence-corrected chi connectivity index (χ0v) is 19.9. The van der Waals surface area contributed by atoms with E-state index in [1.54, 1.807) is 66.7 Å². The third kappa shape index (κ3) is 9.22. The van der Waals surface area contributed by atoms with Crippen molar-refractivity contribution < 1.29 is 24.2 Å². The minimum atomic E-state index is -0.461. The Bertz CT molecular complexity index is 1070. The fraction of sp³-hybridized carbons (Fsp3) is 0.267. The molecule has 0 atom stereocenters. The first-order chi connectivity index (χ1) is 17.2. The van der Waals surface area contributed by atoms with E-state index in [1.807, 2.05) is 18.2 Å². The molecule has 0 aliphatic rings. The van der Waals surface area contributed by atoms with E-state index >= 15 is 0 Å². The first kappa shape index (κ1) is 25.9. The lowest BCUT2D eigenvalue weighted by atomic mass is 10.0. The van der Waals surface area contributed by atoms with Crippen LogP contribution in [-0.4, -0.2) is 30.1 Å². The van der Waals surface area contributed by atoms with Crippen molar-refractivity contribution >= 4 is 17.8 Å². The molecule has 0 radical (unpaired) electrons. The summed E-state index contributed by atoms with van der Waals surface area (Å²) in [5, 5.41) is 8.78. The van der Waals surface area contributed by atoms with Crippen molar-refractivity contribution in [2.75, 3.05) is 13.2 Å². The highest BCUT2D eigenvalue weighted by molar-refractivity contribution is 6.09. The van der Waals surface area contributed by atoms with Crippen LogP contribution in [0.2, 0.25) is 0 Å². The monoisotopic (exact) mass is 472 g/mol. The fourth-order valence-corrected chi connectivity index (χ4v) is 3.53. The van der Waals surface area contributed by atoms with Crippen molar-refractivity contribution in [2.24, 2.45) is 0 Å². The second-order valence-corrected chi connectivity index (χ2v) is 8.24. The molecule has 0 unspecified atom stereocenters. The molecule has 0 saturated heterocycles. The fourth-order valence-electron chi connectivity index (χ4n) is 3.53. The molecule has 0 aromatic heterocycles. The average Bonchev–Trinajstić information content (AvgIpc) is 2.90. The summed E-state index contributed by atoms with van der Waals surface area (Å²) in [7, 11) is 0. The van der Waals surface area contributed by atoms with E-state index in [0.29, 0.717) is 23.5 Å². The van der Waals surface area contributed by atoms with Crippen molar-refractivity contribution in [2.45, 2.75) is 38.5 Å². The number of rotatable bonds is 14. The molecule has 5 heteroatoms. The van der Waals surface area contributed by atoms with E-state index < -0.39 is 5.97 Å². The summed E-state index contributed by atoms with van der Waals surface area (Å²) >= 11 is 0. The molecule has 0 bridgehead atoms. The number of carbonyl (C=O) groups excluding carboxylic acids is 2. The Morgan fingerprint density at radius 2 is 1.29 bits per heavy atom. The Labute approximate surface area is 207 Å². The molecular formula is C30H32O5. The summed E-state index contributed by atoms with van der Waals surface area (Å²) in [6.07, 6.45) is 9.38. The molecule has 0 aliphatic heterocycles. The highest BCUT2D eigenvalue weighted by Crippen LogP contribution is 2.17. The highest BCUT2D eigenvalue weighted by Gasteiger charge is 2.09. The lowest BCUT2D eigenvalue weighted by Crippen LogP contribution is -2.03. The molecule has 0 spiro atoms.